The van der Waals surface area contributed by atoms with Crippen molar-refractivity contribution in [1.82, 2.24) is 5.32 Å². The lowest BCUT2D eigenvalue weighted by molar-refractivity contribution is -0.139. The minimum atomic E-state index is -1.23. The fourth-order valence-corrected chi connectivity index (χ4v) is 6.48. The van der Waals surface area contributed by atoms with E-state index in [1.54, 1.807) is 36.2 Å². The van der Waals surface area contributed by atoms with E-state index in [-0.39, 0.29) is 22.5 Å². The molecule has 1 atom stereocenters. The van der Waals surface area contributed by atoms with Gasteiger partial charge in [0.15, 0.2) is 23.3 Å². The molecular weight excluding hydrogens is 588 g/mol. The lowest BCUT2D eigenvalue weighted by Gasteiger charge is -2.33. The number of thiophene rings is 1. The maximum absolute atomic E-state index is 13.8. The number of benzene rings is 2. The van der Waals surface area contributed by atoms with E-state index in [1.165, 1.54) is 0 Å². The van der Waals surface area contributed by atoms with Gasteiger partial charge in [-0.1, -0.05) is 30.3 Å². The molecule has 1 unspecified atom stereocenters. The zero-order valence-corrected chi connectivity index (χ0v) is 23.9. The van der Waals surface area contributed by atoms with Crippen LogP contribution in [0.2, 0.25) is 0 Å². The fraction of sp³-hybridized carbons (Fsp3) is 0.321. The normalized spacial score (nSPS) is 14.4. The van der Waals surface area contributed by atoms with Crippen LogP contribution in [0.15, 0.2) is 53.0 Å². The molecule has 0 spiro atoms. The number of halogens is 1. The van der Waals surface area contributed by atoms with E-state index >= 15 is 0 Å². The van der Waals surface area contributed by atoms with Gasteiger partial charge in [-0.3, -0.25) is 4.79 Å². The monoisotopic (exact) mass is 616 g/mol. The summed E-state index contributed by atoms with van der Waals surface area (Å²) < 4.78 is 12.0. The van der Waals surface area contributed by atoms with E-state index in [2.05, 4.69) is 21.2 Å². The molecule has 4 rings (SSSR count). The van der Waals surface area contributed by atoms with Gasteiger partial charge in [0.25, 0.3) is 5.91 Å². The Labute approximate surface area is 238 Å². The zero-order chi connectivity index (χ0) is 28.1. The average Bonchev–Trinajstić information content (AvgIpc) is 3.27. The van der Waals surface area contributed by atoms with Crippen LogP contribution in [-0.4, -0.2) is 60.9 Å². The van der Waals surface area contributed by atoms with Crippen LogP contribution >= 0.6 is 27.3 Å². The van der Waals surface area contributed by atoms with Crippen LogP contribution in [0.4, 0.5) is 5.69 Å². The summed E-state index contributed by atoms with van der Waals surface area (Å²) in [5.74, 6) is -2.15. The Morgan fingerprint density at radius 3 is 2.51 bits per heavy atom. The largest absolute Gasteiger partial charge is 0.480 e. The van der Waals surface area contributed by atoms with Gasteiger partial charge in [-0.05, 0) is 78.1 Å². The predicted octanol–water partition coefficient (Wildman–Crippen LogP) is 5.06. The van der Waals surface area contributed by atoms with Gasteiger partial charge >= 0.3 is 11.9 Å². The average molecular weight is 618 g/mol. The van der Waals surface area contributed by atoms with Gasteiger partial charge in [0, 0.05) is 18.7 Å². The third-order valence-electron chi connectivity index (χ3n) is 6.57. The Morgan fingerprint density at radius 1 is 1.13 bits per heavy atom. The minimum Gasteiger partial charge on any atom is -0.480 e. The number of rotatable bonds is 10. The summed E-state index contributed by atoms with van der Waals surface area (Å²) >= 11 is 4.35. The Hall–Kier alpha value is -3.41. The maximum Gasteiger partial charge on any atom is 0.349 e. The standard InChI is InChI=1S/C28H29BrN2O7S/c1-16-6-3-4-9-20(16)31(2)27(34)23(17-10-12-30-13-11-17)38-19-8-5-7-18(14-19)25-22(29)24(37-15-21(32)33)26(39-25)28(35)36/h3-9,14,17,23,30H,10-13,15H2,1-2H3,(H,32,33)(H,35,36). The molecule has 1 saturated heterocycles. The topological polar surface area (TPSA) is 125 Å². The summed E-state index contributed by atoms with van der Waals surface area (Å²) in [5.41, 5.74) is 2.44. The molecule has 3 N–H and O–H groups in total. The Balaban J connectivity index is 1.66. The van der Waals surface area contributed by atoms with Crippen molar-refractivity contribution in [3.63, 3.8) is 0 Å². The van der Waals surface area contributed by atoms with Crippen molar-refractivity contribution in [3.05, 3.63) is 63.4 Å². The molecule has 1 fully saturated rings. The molecule has 1 amide bonds. The van der Waals surface area contributed by atoms with Crippen LogP contribution in [0.25, 0.3) is 10.4 Å². The van der Waals surface area contributed by atoms with Crippen molar-refractivity contribution in [2.24, 2.45) is 5.92 Å². The van der Waals surface area contributed by atoms with Crippen LogP contribution in [0.1, 0.15) is 28.1 Å². The second-order valence-corrected chi connectivity index (χ2v) is 11.0. The highest BCUT2D eigenvalue weighted by atomic mass is 79.9. The van der Waals surface area contributed by atoms with Gasteiger partial charge in [-0.25, -0.2) is 9.59 Å². The third kappa shape index (κ3) is 6.60. The fourth-order valence-electron chi connectivity index (χ4n) is 4.59. The molecule has 1 aromatic heterocycles. The predicted molar refractivity (Wildman–Crippen MR) is 152 cm³/mol. The molecule has 1 aliphatic heterocycles. The first kappa shape index (κ1) is 28.6. The van der Waals surface area contributed by atoms with Gasteiger partial charge in [0.2, 0.25) is 0 Å². The number of para-hydroxylation sites is 1. The van der Waals surface area contributed by atoms with Gasteiger partial charge < -0.3 is 29.9 Å². The second kappa shape index (κ2) is 12.6. The number of aromatic carboxylic acids is 1. The Morgan fingerprint density at radius 2 is 1.85 bits per heavy atom. The van der Waals surface area contributed by atoms with Crippen LogP contribution < -0.4 is 19.7 Å². The van der Waals surface area contributed by atoms with Gasteiger partial charge in [0.05, 0.1) is 9.35 Å². The van der Waals surface area contributed by atoms with Crippen LogP contribution in [0.5, 0.6) is 11.5 Å². The molecule has 0 bridgehead atoms. The molecule has 0 saturated carbocycles. The summed E-state index contributed by atoms with van der Waals surface area (Å²) in [6, 6.07) is 14.8. The lowest BCUT2D eigenvalue weighted by atomic mass is 9.91. The number of anilines is 1. The molecular formula is C28H29BrN2O7S. The zero-order valence-electron chi connectivity index (χ0n) is 21.5. The molecule has 2 aromatic carbocycles. The first-order valence-corrected chi connectivity index (χ1v) is 14.0. The highest BCUT2D eigenvalue weighted by Gasteiger charge is 2.34. The maximum atomic E-state index is 13.8. The Kier molecular flexibility index (Phi) is 9.26. The second-order valence-electron chi connectivity index (χ2n) is 9.23. The van der Waals surface area contributed by atoms with Crippen molar-refractivity contribution < 1.29 is 34.1 Å². The summed E-state index contributed by atoms with van der Waals surface area (Å²) in [4.78, 5) is 38.7. The van der Waals surface area contributed by atoms with E-state index < -0.39 is 24.6 Å². The van der Waals surface area contributed by atoms with Crippen LogP contribution in [0, 0.1) is 12.8 Å². The van der Waals surface area contributed by atoms with Gasteiger partial charge in [-0.15, -0.1) is 11.3 Å². The molecule has 39 heavy (non-hydrogen) atoms. The van der Waals surface area contributed by atoms with Crippen molar-refractivity contribution in [2.45, 2.75) is 25.9 Å². The molecule has 2 heterocycles. The number of carbonyl (C=O) groups is 3. The SMILES string of the molecule is Cc1ccccc1N(C)C(=O)C(Oc1cccc(-c2sc(C(=O)O)c(OCC(=O)O)c2Br)c1)C1CCNCC1. The summed E-state index contributed by atoms with van der Waals surface area (Å²) in [7, 11) is 1.76. The number of hydrogen-bond acceptors (Lipinski definition) is 7. The van der Waals surface area contributed by atoms with Crippen LogP contribution in [0.3, 0.4) is 0 Å². The number of piperidine rings is 1. The number of ether oxygens (including phenoxy) is 2. The van der Waals surface area contributed by atoms with Crippen molar-refractivity contribution in [3.8, 4) is 21.9 Å². The lowest BCUT2D eigenvalue weighted by Crippen LogP contribution is -2.47. The summed E-state index contributed by atoms with van der Waals surface area (Å²) in [6.45, 7) is 2.88. The third-order valence-corrected chi connectivity index (χ3v) is 8.79. The van der Waals surface area contributed by atoms with Crippen molar-refractivity contribution in [1.29, 1.82) is 0 Å². The van der Waals surface area contributed by atoms with E-state index in [9.17, 15) is 19.5 Å². The molecule has 0 aliphatic carbocycles. The van der Waals surface area contributed by atoms with Crippen LogP contribution in [-0.2, 0) is 9.59 Å². The number of aliphatic carboxylic acids is 1. The number of nitrogens with one attached hydrogen (secondary N) is 1. The number of carboxylic acid groups (broad SMARTS) is 2. The number of carboxylic acids is 2. The van der Waals surface area contributed by atoms with E-state index in [4.69, 9.17) is 14.6 Å². The highest BCUT2D eigenvalue weighted by molar-refractivity contribution is 9.10. The van der Waals surface area contributed by atoms with E-state index in [1.807, 2.05) is 31.2 Å². The molecule has 3 aromatic rings. The number of likely N-dealkylation sites (N-methyl/N-ethyl adjacent to an activating group) is 1. The molecule has 206 valence electrons. The van der Waals surface area contributed by atoms with Crippen molar-refractivity contribution >= 4 is 50.8 Å². The first-order chi connectivity index (χ1) is 18.7. The van der Waals surface area contributed by atoms with Crippen molar-refractivity contribution in [2.75, 3.05) is 31.6 Å². The van der Waals surface area contributed by atoms with E-state index in [0.717, 1.165) is 48.5 Å². The molecule has 9 nitrogen and oxygen atoms in total. The quantitative estimate of drug-likeness (QED) is 0.289. The Bertz CT molecular complexity index is 1370. The summed E-state index contributed by atoms with van der Waals surface area (Å²) in [5, 5.41) is 22.0. The van der Waals surface area contributed by atoms with Gasteiger partial charge in [-0.2, -0.15) is 0 Å². The number of amides is 1. The number of hydrogen-bond donors (Lipinski definition) is 3. The number of nitrogens with zero attached hydrogens (tertiary/aromatic N) is 1. The highest BCUT2D eigenvalue weighted by Crippen LogP contribution is 2.46. The number of aryl methyl sites for hydroxylation is 1. The van der Waals surface area contributed by atoms with Gasteiger partial charge in [0.1, 0.15) is 5.75 Å². The summed E-state index contributed by atoms with van der Waals surface area (Å²) in [6.07, 6.45) is 0.865. The molecule has 1 aliphatic rings. The number of carbonyl (C=O) groups excluding carboxylic acids is 1. The first-order valence-electron chi connectivity index (χ1n) is 12.4. The smallest absolute Gasteiger partial charge is 0.349 e. The minimum absolute atomic E-state index is 0.0111. The molecule has 0 radical (unpaired) electrons. The molecule has 11 heteroatoms. The van der Waals surface area contributed by atoms with E-state index in [0.29, 0.717) is 20.7 Å².